The van der Waals surface area contributed by atoms with Gasteiger partial charge in [0.25, 0.3) is 0 Å². The minimum Gasteiger partial charge on any atom is -0.309 e. The Hall–Kier alpha value is -4.88. The van der Waals surface area contributed by atoms with Crippen LogP contribution in [0.2, 0.25) is 0 Å². The van der Waals surface area contributed by atoms with Gasteiger partial charge in [-0.15, -0.1) is 0 Å². The van der Waals surface area contributed by atoms with E-state index >= 15 is 0 Å². The van der Waals surface area contributed by atoms with E-state index in [1.54, 1.807) is 0 Å². The molecule has 1 nitrogen and oxygen atoms in total. The van der Waals surface area contributed by atoms with Crippen LogP contribution in [0.1, 0.15) is 52.7 Å². The van der Waals surface area contributed by atoms with E-state index in [1.165, 1.54) is 72.0 Å². The average Bonchev–Trinajstić information content (AvgIpc) is 3.46. The summed E-state index contributed by atoms with van der Waals surface area (Å²) in [5.41, 5.74) is 14.2. The Bertz CT molecular complexity index is 2200. The van der Waals surface area contributed by atoms with Gasteiger partial charge in [-0.1, -0.05) is 133 Å². The highest BCUT2D eigenvalue weighted by Crippen LogP contribution is 2.62. The van der Waals surface area contributed by atoms with Gasteiger partial charge in [0, 0.05) is 16.5 Å². The first-order valence-corrected chi connectivity index (χ1v) is 16.5. The van der Waals surface area contributed by atoms with E-state index in [4.69, 9.17) is 0 Å². The van der Waals surface area contributed by atoms with Crippen LogP contribution in [0.15, 0.2) is 140 Å². The summed E-state index contributed by atoms with van der Waals surface area (Å²) in [7, 11) is 0. The van der Waals surface area contributed by atoms with Gasteiger partial charge in [-0.25, -0.2) is 0 Å². The lowest BCUT2D eigenvalue weighted by molar-refractivity contribution is 0.125. The predicted molar refractivity (Wildman–Crippen MR) is 197 cm³/mol. The second-order valence-electron chi connectivity index (χ2n) is 14.7. The lowest BCUT2D eigenvalue weighted by Crippen LogP contribution is -2.42. The Morgan fingerprint density at radius 1 is 0.370 bits per heavy atom. The molecule has 0 amide bonds. The van der Waals surface area contributed by atoms with Gasteiger partial charge in [-0.05, 0) is 109 Å². The van der Waals surface area contributed by atoms with Gasteiger partial charge in [0.05, 0.1) is 11.0 Å². The highest BCUT2D eigenvalue weighted by molar-refractivity contribution is 6.10. The van der Waals surface area contributed by atoms with Crippen molar-refractivity contribution >= 4 is 21.8 Å². The van der Waals surface area contributed by atoms with Gasteiger partial charge in [0.1, 0.15) is 0 Å². The maximum atomic E-state index is 2.51. The van der Waals surface area contributed by atoms with Crippen LogP contribution < -0.4 is 0 Å². The van der Waals surface area contributed by atoms with Crippen molar-refractivity contribution in [3.63, 3.8) is 0 Å². The van der Waals surface area contributed by atoms with E-state index in [9.17, 15) is 0 Å². The number of para-hydroxylation sites is 1. The Morgan fingerprint density at radius 3 is 1.48 bits per heavy atom. The number of benzene rings is 6. The van der Waals surface area contributed by atoms with Gasteiger partial charge >= 0.3 is 0 Å². The monoisotopic (exact) mass is 595 g/mol. The molecular weight excluding hydrogens is 555 g/mol. The zero-order valence-corrected chi connectivity index (χ0v) is 27.7. The molecule has 7 aromatic rings. The summed E-state index contributed by atoms with van der Waals surface area (Å²) in [6.45, 7) is 14.6. The Balaban J connectivity index is 1.35. The van der Waals surface area contributed by atoms with Gasteiger partial charge in [-0.2, -0.15) is 0 Å². The van der Waals surface area contributed by atoms with Crippen LogP contribution in [0, 0.1) is 5.41 Å². The van der Waals surface area contributed by atoms with E-state index < -0.39 is 0 Å². The first-order valence-electron chi connectivity index (χ1n) is 16.5. The third kappa shape index (κ3) is 4.07. The van der Waals surface area contributed by atoms with E-state index in [0.717, 1.165) is 0 Å². The van der Waals surface area contributed by atoms with Crippen LogP contribution in [0.4, 0.5) is 0 Å². The average molecular weight is 596 g/mol. The third-order valence-electron chi connectivity index (χ3n) is 11.9. The number of hydrogen-bond donors (Lipinski definition) is 0. The molecule has 226 valence electrons. The number of aromatic nitrogens is 1. The van der Waals surface area contributed by atoms with Crippen LogP contribution in [0.3, 0.4) is 0 Å². The minimum absolute atomic E-state index is 0.0366. The van der Waals surface area contributed by atoms with Gasteiger partial charge in [0.2, 0.25) is 0 Å². The van der Waals surface area contributed by atoms with Gasteiger partial charge in [0.15, 0.2) is 0 Å². The fourth-order valence-electron chi connectivity index (χ4n) is 8.00. The second kappa shape index (κ2) is 10.1. The Kier molecular flexibility index (Phi) is 6.25. The molecule has 1 heterocycles. The first kappa shape index (κ1) is 28.6. The molecule has 0 spiro atoms. The lowest BCUT2D eigenvalue weighted by Gasteiger charge is -2.44. The van der Waals surface area contributed by atoms with Crippen LogP contribution in [-0.4, -0.2) is 4.57 Å². The SMILES string of the molecule is CC1(C)c2cc3c4ccccc4n(-c4cccc(-c5cc(-c6ccccc6)cc(-c6ccccc6)c5)c4)c3cc2C(C)(C)C1(C)C. The molecule has 0 radical (unpaired) electrons. The summed E-state index contributed by atoms with van der Waals surface area (Å²) >= 11 is 0. The molecule has 0 unspecified atom stereocenters. The molecule has 8 rings (SSSR count). The molecule has 1 aliphatic carbocycles. The standard InChI is InChI=1S/C45H41N/c1-43(2)39-28-38-37-22-13-14-23-41(37)46(42(38)29-40(39)44(3,4)45(43,5)6)36-21-15-20-32(27-36)35-25-33(30-16-9-7-10-17-30)24-34(26-35)31-18-11-8-12-19-31/h7-29H,1-6H3. The van der Waals surface area contributed by atoms with Crippen LogP contribution in [0.5, 0.6) is 0 Å². The summed E-state index contributed by atoms with van der Waals surface area (Å²) in [5, 5.41) is 2.64. The lowest BCUT2D eigenvalue weighted by atomic mass is 9.59. The molecule has 46 heavy (non-hydrogen) atoms. The zero-order valence-electron chi connectivity index (χ0n) is 27.7. The summed E-state index contributed by atoms with van der Waals surface area (Å²) in [6, 6.07) is 51.5. The van der Waals surface area contributed by atoms with E-state index in [0.29, 0.717) is 0 Å². The molecule has 0 fully saturated rings. The number of rotatable bonds is 4. The Labute approximate surface area is 273 Å². The van der Waals surface area contributed by atoms with Crippen LogP contribution in [-0.2, 0) is 10.8 Å². The van der Waals surface area contributed by atoms with Crippen molar-refractivity contribution in [2.45, 2.75) is 52.4 Å². The smallest absolute Gasteiger partial charge is 0.0544 e. The van der Waals surface area contributed by atoms with Crippen molar-refractivity contribution in [3.8, 4) is 39.1 Å². The van der Waals surface area contributed by atoms with Crippen LogP contribution in [0.25, 0.3) is 60.9 Å². The second-order valence-corrected chi connectivity index (χ2v) is 14.7. The van der Waals surface area contributed by atoms with Gasteiger partial charge in [-0.3, -0.25) is 0 Å². The quantitative estimate of drug-likeness (QED) is 0.191. The third-order valence-corrected chi connectivity index (χ3v) is 11.9. The largest absolute Gasteiger partial charge is 0.309 e. The molecule has 1 aromatic heterocycles. The molecule has 0 saturated heterocycles. The molecule has 0 saturated carbocycles. The summed E-state index contributed by atoms with van der Waals surface area (Å²) in [5.74, 6) is 0. The summed E-state index contributed by atoms with van der Waals surface area (Å²) in [6.07, 6.45) is 0. The Morgan fingerprint density at radius 2 is 0.870 bits per heavy atom. The topological polar surface area (TPSA) is 4.93 Å². The number of hydrogen-bond acceptors (Lipinski definition) is 0. The molecule has 0 atom stereocenters. The van der Waals surface area contributed by atoms with E-state index in [1.807, 2.05) is 0 Å². The molecule has 0 N–H and O–H groups in total. The fourth-order valence-corrected chi connectivity index (χ4v) is 8.00. The molecule has 0 bridgehead atoms. The predicted octanol–water partition coefficient (Wildman–Crippen LogP) is 12.4. The highest BCUT2D eigenvalue weighted by Gasteiger charge is 2.56. The normalized spacial score (nSPS) is 16.1. The molecule has 1 heteroatoms. The van der Waals surface area contributed by atoms with Crippen molar-refractivity contribution in [1.29, 1.82) is 0 Å². The van der Waals surface area contributed by atoms with Gasteiger partial charge < -0.3 is 4.57 Å². The van der Waals surface area contributed by atoms with Crippen molar-refractivity contribution < 1.29 is 0 Å². The first-order chi connectivity index (χ1) is 22.1. The fraction of sp³-hybridized carbons (Fsp3) is 0.200. The maximum absolute atomic E-state index is 2.51. The van der Waals surface area contributed by atoms with Crippen molar-refractivity contribution in [2.24, 2.45) is 5.41 Å². The van der Waals surface area contributed by atoms with Crippen molar-refractivity contribution in [1.82, 2.24) is 4.57 Å². The highest BCUT2D eigenvalue weighted by atomic mass is 15.0. The molecule has 6 aromatic carbocycles. The maximum Gasteiger partial charge on any atom is 0.0544 e. The molecule has 0 aliphatic heterocycles. The number of nitrogens with zero attached hydrogens (tertiary/aromatic N) is 1. The van der Waals surface area contributed by atoms with Crippen LogP contribution >= 0.6 is 0 Å². The molecular formula is C45H41N. The minimum atomic E-state index is 0.0366. The summed E-state index contributed by atoms with van der Waals surface area (Å²) in [4.78, 5) is 0. The number of fused-ring (bicyclic) bond motifs is 4. The summed E-state index contributed by atoms with van der Waals surface area (Å²) < 4.78 is 2.49. The van der Waals surface area contributed by atoms with E-state index in [-0.39, 0.29) is 16.2 Å². The van der Waals surface area contributed by atoms with E-state index in [2.05, 4.69) is 186 Å². The zero-order chi connectivity index (χ0) is 31.8. The molecule has 1 aliphatic rings. The van der Waals surface area contributed by atoms with Crippen molar-refractivity contribution in [3.05, 3.63) is 151 Å². The van der Waals surface area contributed by atoms with Crippen molar-refractivity contribution in [2.75, 3.05) is 0 Å².